The SMILES string of the molecule is CC(Sc1ccccc1)C(=O)N1CCC(C)(CN)C1. The highest BCUT2D eigenvalue weighted by Gasteiger charge is 2.36. The number of thioether (sulfide) groups is 1. The Bertz CT molecular complexity index is 437. The Morgan fingerprint density at radius 2 is 2.16 bits per heavy atom. The van der Waals surface area contributed by atoms with Gasteiger partial charge in [0.15, 0.2) is 0 Å². The lowest BCUT2D eigenvalue weighted by atomic mass is 9.90. The quantitative estimate of drug-likeness (QED) is 0.860. The van der Waals surface area contributed by atoms with Gasteiger partial charge in [-0.25, -0.2) is 0 Å². The van der Waals surface area contributed by atoms with Gasteiger partial charge in [-0.05, 0) is 37.4 Å². The Hall–Kier alpha value is -1.00. The van der Waals surface area contributed by atoms with E-state index in [1.165, 1.54) is 0 Å². The number of nitrogens with zero attached hydrogens (tertiary/aromatic N) is 1. The van der Waals surface area contributed by atoms with Crippen LogP contribution in [0.1, 0.15) is 20.3 Å². The number of nitrogens with two attached hydrogens (primary N) is 1. The molecular weight excluding hydrogens is 256 g/mol. The Balaban J connectivity index is 1.93. The van der Waals surface area contributed by atoms with Crippen LogP contribution in [0.2, 0.25) is 0 Å². The maximum absolute atomic E-state index is 12.4. The maximum Gasteiger partial charge on any atom is 0.235 e. The van der Waals surface area contributed by atoms with Gasteiger partial charge in [-0.1, -0.05) is 25.1 Å². The molecule has 1 amide bonds. The van der Waals surface area contributed by atoms with Gasteiger partial charge in [-0.15, -0.1) is 11.8 Å². The van der Waals surface area contributed by atoms with E-state index in [2.05, 4.69) is 6.92 Å². The second-order valence-corrected chi connectivity index (χ2v) is 7.01. The van der Waals surface area contributed by atoms with E-state index in [1.54, 1.807) is 11.8 Å². The minimum Gasteiger partial charge on any atom is -0.341 e. The summed E-state index contributed by atoms with van der Waals surface area (Å²) in [5.41, 5.74) is 5.89. The van der Waals surface area contributed by atoms with E-state index in [4.69, 9.17) is 5.73 Å². The fraction of sp³-hybridized carbons (Fsp3) is 0.533. The van der Waals surface area contributed by atoms with Crippen LogP contribution in [0.5, 0.6) is 0 Å². The van der Waals surface area contributed by atoms with Crippen molar-refractivity contribution in [2.75, 3.05) is 19.6 Å². The van der Waals surface area contributed by atoms with Gasteiger partial charge in [0.25, 0.3) is 0 Å². The van der Waals surface area contributed by atoms with E-state index in [9.17, 15) is 4.79 Å². The van der Waals surface area contributed by atoms with Crippen molar-refractivity contribution in [3.05, 3.63) is 30.3 Å². The van der Waals surface area contributed by atoms with Crippen LogP contribution in [0.4, 0.5) is 0 Å². The lowest BCUT2D eigenvalue weighted by Gasteiger charge is -2.24. The number of hydrogen-bond acceptors (Lipinski definition) is 3. The normalized spacial score (nSPS) is 24.5. The summed E-state index contributed by atoms with van der Waals surface area (Å²) in [6.07, 6.45) is 1.01. The van der Waals surface area contributed by atoms with Gasteiger partial charge >= 0.3 is 0 Å². The lowest BCUT2D eigenvalue weighted by Crippen LogP contribution is -2.38. The summed E-state index contributed by atoms with van der Waals surface area (Å²) in [6, 6.07) is 10.1. The van der Waals surface area contributed by atoms with E-state index in [0.717, 1.165) is 24.4 Å². The number of likely N-dealkylation sites (tertiary alicyclic amines) is 1. The fourth-order valence-corrected chi connectivity index (χ4v) is 3.36. The van der Waals surface area contributed by atoms with Crippen molar-refractivity contribution in [1.29, 1.82) is 0 Å². The summed E-state index contributed by atoms with van der Waals surface area (Å²) in [6.45, 7) is 6.43. The van der Waals surface area contributed by atoms with Crippen molar-refractivity contribution < 1.29 is 4.79 Å². The number of benzene rings is 1. The van der Waals surface area contributed by atoms with E-state index >= 15 is 0 Å². The molecule has 4 heteroatoms. The van der Waals surface area contributed by atoms with Crippen LogP contribution < -0.4 is 5.73 Å². The highest BCUT2D eigenvalue weighted by molar-refractivity contribution is 8.00. The largest absolute Gasteiger partial charge is 0.341 e. The molecule has 0 aliphatic carbocycles. The molecule has 2 rings (SSSR count). The molecule has 0 spiro atoms. The summed E-state index contributed by atoms with van der Waals surface area (Å²) in [7, 11) is 0. The van der Waals surface area contributed by atoms with Gasteiger partial charge in [-0.3, -0.25) is 4.79 Å². The van der Waals surface area contributed by atoms with Crippen LogP contribution in [-0.4, -0.2) is 35.7 Å². The molecule has 1 aliphatic rings. The number of hydrogen-bond donors (Lipinski definition) is 1. The van der Waals surface area contributed by atoms with Crippen molar-refractivity contribution >= 4 is 17.7 Å². The molecule has 0 aromatic heterocycles. The molecule has 2 unspecified atom stereocenters. The molecule has 1 heterocycles. The van der Waals surface area contributed by atoms with Crippen molar-refractivity contribution in [3.63, 3.8) is 0 Å². The van der Waals surface area contributed by atoms with Crippen LogP contribution in [0.25, 0.3) is 0 Å². The van der Waals surface area contributed by atoms with Gasteiger partial charge in [0.1, 0.15) is 0 Å². The molecule has 1 aliphatic heterocycles. The number of amides is 1. The first-order valence-electron chi connectivity index (χ1n) is 6.75. The van der Waals surface area contributed by atoms with Gasteiger partial charge in [0.05, 0.1) is 5.25 Å². The predicted molar refractivity (Wildman–Crippen MR) is 80.1 cm³/mol. The first-order valence-corrected chi connectivity index (χ1v) is 7.63. The molecule has 19 heavy (non-hydrogen) atoms. The minimum atomic E-state index is -0.0393. The third kappa shape index (κ3) is 3.51. The molecule has 0 radical (unpaired) electrons. The zero-order chi connectivity index (χ0) is 13.9. The van der Waals surface area contributed by atoms with Gasteiger partial charge < -0.3 is 10.6 Å². The third-order valence-corrected chi connectivity index (χ3v) is 4.87. The van der Waals surface area contributed by atoms with Gasteiger partial charge in [0.2, 0.25) is 5.91 Å². The van der Waals surface area contributed by atoms with Crippen molar-refractivity contribution in [1.82, 2.24) is 4.90 Å². The molecular formula is C15H22N2OS. The lowest BCUT2D eigenvalue weighted by molar-refractivity contribution is -0.129. The monoisotopic (exact) mass is 278 g/mol. The second-order valence-electron chi connectivity index (χ2n) is 5.60. The third-order valence-electron chi connectivity index (χ3n) is 3.77. The average Bonchev–Trinajstić information content (AvgIpc) is 2.82. The highest BCUT2D eigenvalue weighted by Crippen LogP contribution is 2.31. The predicted octanol–water partition coefficient (Wildman–Crippen LogP) is 2.36. The highest BCUT2D eigenvalue weighted by atomic mass is 32.2. The van der Waals surface area contributed by atoms with Gasteiger partial charge in [-0.2, -0.15) is 0 Å². The summed E-state index contributed by atoms with van der Waals surface area (Å²) in [4.78, 5) is 15.5. The second kappa shape index (κ2) is 5.97. The Labute approximate surface area is 119 Å². The molecule has 3 nitrogen and oxygen atoms in total. The van der Waals surface area contributed by atoms with Crippen molar-refractivity contribution in [2.24, 2.45) is 11.1 Å². The van der Waals surface area contributed by atoms with Crippen molar-refractivity contribution in [3.8, 4) is 0 Å². The molecule has 0 saturated carbocycles. The average molecular weight is 278 g/mol. The first-order chi connectivity index (χ1) is 9.04. The molecule has 1 saturated heterocycles. The number of carbonyl (C=O) groups excluding carboxylic acids is 1. The minimum absolute atomic E-state index is 0.0393. The van der Waals surface area contributed by atoms with E-state index < -0.39 is 0 Å². The topological polar surface area (TPSA) is 46.3 Å². The molecule has 0 bridgehead atoms. The summed E-state index contributed by atoms with van der Waals surface area (Å²) in [5, 5.41) is -0.0393. The summed E-state index contributed by atoms with van der Waals surface area (Å²) >= 11 is 1.62. The van der Waals surface area contributed by atoms with Crippen LogP contribution in [0.3, 0.4) is 0 Å². The Morgan fingerprint density at radius 1 is 1.47 bits per heavy atom. The van der Waals surface area contributed by atoms with E-state index in [0.29, 0.717) is 6.54 Å². The Morgan fingerprint density at radius 3 is 2.74 bits per heavy atom. The molecule has 1 aromatic carbocycles. The van der Waals surface area contributed by atoms with Crippen molar-refractivity contribution in [2.45, 2.75) is 30.4 Å². The zero-order valence-electron chi connectivity index (χ0n) is 11.6. The van der Waals surface area contributed by atoms with Gasteiger partial charge in [0, 0.05) is 18.0 Å². The van der Waals surface area contributed by atoms with E-state index in [-0.39, 0.29) is 16.6 Å². The van der Waals surface area contributed by atoms with Crippen LogP contribution >= 0.6 is 11.8 Å². The van der Waals surface area contributed by atoms with Crippen LogP contribution in [-0.2, 0) is 4.79 Å². The molecule has 104 valence electrons. The number of rotatable bonds is 4. The first kappa shape index (κ1) is 14.4. The summed E-state index contributed by atoms with van der Waals surface area (Å²) < 4.78 is 0. The molecule has 1 fully saturated rings. The maximum atomic E-state index is 12.4. The smallest absolute Gasteiger partial charge is 0.235 e. The van der Waals surface area contributed by atoms with Crippen LogP contribution in [0.15, 0.2) is 35.2 Å². The molecule has 2 atom stereocenters. The Kier molecular flexibility index (Phi) is 4.53. The van der Waals surface area contributed by atoms with E-state index in [1.807, 2.05) is 42.2 Å². The van der Waals surface area contributed by atoms with Crippen LogP contribution in [0, 0.1) is 5.41 Å². The zero-order valence-corrected chi connectivity index (χ0v) is 12.5. The summed E-state index contributed by atoms with van der Waals surface area (Å²) in [5.74, 6) is 0.228. The molecule has 1 aromatic rings. The standard InChI is InChI=1S/C15H22N2OS/c1-12(19-13-6-4-3-5-7-13)14(18)17-9-8-15(2,10-16)11-17/h3-7,12H,8-11,16H2,1-2H3. The fourth-order valence-electron chi connectivity index (χ4n) is 2.39. The number of carbonyl (C=O) groups is 1. The molecule has 2 N–H and O–H groups in total.